The molecule has 0 unspecified atom stereocenters. The van der Waals surface area contributed by atoms with Crippen molar-refractivity contribution >= 4 is 23.2 Å². The number of thiophene rings is 1. The Bertz CT molecular complexity index is 515. The van der Waals surface area contributed by atoms with Crippen LogP contribution in [0.1, 0.15) is 59.1 Å². The first kappa shape index (κ1) is 15.0. The molecule has 1 aliphatic carbocycles. The van der Waals surface area contributed by atoms with E-state index in [-0.39, 0.29) is 12.3 Å². The summed E-state index contributed by atoms with van der Waals surface area (Å²) in [5.74, 6) is -0.968. The van der Waals surface area contributed by atoms with Crippen molar-refractivity contribution in [3.05, 3.63) is 21.4 Å². The van der Waals surface area contributed by atoms with E-state index in [9.17, 15) is 9.59 Å². The van der Waals surface area contributed by atoms with E-state index in [1.165, 1.54) is 16.9 Å². The van der Waals surface area contributed by atoms with Gasteiger partial charge in [0, 0.05) is 4.88 Å². The van der Waals surface area contributed by atoms with Crippen molar-refractivity contribution in [3.63, 3.8) is 0 Å². The number of aryl methyl sites for hydroxylation is 2. The number of carbonyl (C=O) groups excluding carboxylic acids is 1. The molecular weight excluding hydrogens is 274 g/mol. The molecule has 2 N–H and O–H groups in total. The molecule has 0 atom stereocenters. The van der Waals surface area contributed by atoms with E-state index in [0.717, 1.165) is 37.0 Å². The molecule has 110 valence electrons. The van der Waals surface area contributed by atoms with Crippen LogP contribution < -0.4 is 5.32 Å². The minimum atomic E-state index is -0.844. The van der Waals surface area contributed by atoms with E-state index >= 15 is 0 Å². The quantitative estimate of drug-likeness (QED) is 0.877. The highest BCUT2D eigenvalue weighted by molar-refractivity contribution is 7.14. The Morgan fingerprint density at radius 3 is 2.55 bits per heavy atom. The highest BCUT2D eigenvalue weighted by atomic mass is 32.1. The van der Waals surface area contributed by atoms with Crippen LogP contribution in [-0.2, 0) is 11.2 Å². The Balaban J connectivity index is 2.13. The molecule has 1 saturated carbocycles. The lowest BCUT2D eigenvalue weighted by Crippen LogP contribution is -2.47. The third-order valence-electron chi connectivity index (χ3n) is 4.05. The monoisotopic (exact) mass is 295 g/mol. The number of carbonyl (C=O) groups is 2. The average Bonchev–Trinajstić information content (AvgIpc) is 2.95. The zero-order chi connectivity index (χ0) is 14.8. The van der Waals surface area contributed by atoms with E-state index in [4.69, 9.17) is 5.11 Å². The average molecular weight is 295 g/mol. The molecule has 0 saturated heterocycles. The Morgan fingerprint density at radius 2 is 2.05 bits per heavy atom. The minimum Gasteiger partial charge on any atom is -0.481 e. The van der Waals surface area contributed by atoms with Gasteiger partial charge in [0.15, 0.2) is 0 Å². The van der Waals surface area contributed by atoms with Gasteiger partial charge < -0.3 is 10.4 Å². The van der Waals surface area contributed by atoms with Gasteiger partial charge in [-0.05, 0) is 37.8 Å². The van der Waals surface area contributed by atoms with Gasteiger partial charge in [0.2, 0.25) is 0 Å². The number of hydrogen-bond acceptors (Lipinski definition) is 3. The number of rotatable bonds is 5. The Labute approximate surface area is 123 Å². The van der Waals surface area contributed by atoms with Crippen LogP contribution in [0, 0.1) is 6.92 Å². The second-order valence-electron chi connectivity index (χ2n) is 5.56. The SMILES string of the molecule is CCc1cc(C(=O)NC2(CC(=O)O)CCCC2)sc1C. The number of amides is 1. The maximum absolute atomic E-state index is 12.4. The van der Waals surface area contributed by atoms with Gasteiger partial charge >= 0.3 is 5.97 Å². The first-order valence-corrected chi connectivity index (χ1v) is 7.91. The lowest BCUT2D eigenvalue weighted by molar-refractivity contribution is -0.138. The van der Waals surface area contributed by atoms with Crippen molar-refractivity contribution in [2.75, 3.05) is 0 Å². The van der Waals surface area contributed by atoms with Crippen LogP contribution in [0.3, 0.4) is 0 Å². The first-order chi connectivity index (χ1) is 9.46. The molecule has 20 heavy (non-hydrogen) atoms. The van der Waals surface area contributed by atoms with Crippen molar-refractivity contribution < 1.29 is 14.7 Å². The molecule has 4 nitrogen and oxygen atoms in total. The van der Waals surface area contributed by atoms with Crippen molar-refractivity contribution in [2.24, 2.45) is 0 Å². The lowest BCUT2D eigenvalue weighted by Gasteiger charge is -2.28. The van der Waals surface area contributed by atoms with E-state index in [0.29, 0.717) is 4.88 Å². The normalized spacial score (nSPS) is 17.1. The molecule has 1 aromatic rings. The van der Waals surface area contributed by atoms with Crippen LogP contribution in [-0.4, -0.2) is 22.5 Å². The summed E-state index contributed by atoms with van der Waals surface area (Å²) in [4.78, 5) is 25.3. The van der Waals surface area contributed by atoms with Gasteiger partial charge in [-0.2, -0.15) is 0 Å². The molecule has 0 aliphatic heterocycles. The summed E-state index contributed by atoms with van der Waals surface area (Å²) in [7, 11) is 0. The van der Waals surface area contributed by atoms with E-state index in [2.05, 4.69) is 12.2 Å². The first-order valence-electron chi connectivity index (χ1n) is 7.09. The van der Waals surface area contributed by atoms with Crippen molar-refractivity contribution in [1.29, 1.82) is 0 Å². The highest BCUT2D eigenvalue weighted by Gasteiger charge is 2.37. The summed E-state index contributed by atoms with van der Waals surface area (Å²) < 4.78 is 0. The minimum absolute atomic E-state index is 0.0176. The third-order valence-corrected chi connectivity index (χ3v) is 5.15. The van der Waals surface area contributed by atoms with E-state index < -0.39 is 11.5 Å². The Morgan fingerprint density at radius 1 is 1.40 bits per heavy atom. The van der Waals surface area contributed by atoms with Gasteiger partial charge in [-0.1, -0.05) is 19.8 Å². The molecule has 0 aromatic carbocycles. The van der Waals surface area contributed by atoms with Gasteiger partial charge in [-0.3, -0.25) is 9.59 Å². The number of hydrogen-bond donors (Lipinski definition) is 2. The largest absolute Gasteiger partial charge is 0.481 e. The summed E-state index contributed by atoms with van der Waals surface area (Å²) >= 11 is 1.49. The topological polar surface area (TPSA) is 66.4 Å². The molecule has 1 aliphatic rings. The van der Waals surface area contributed by atoms with Crippen LogP contribution in [0.25, 0.3) is 0 Å². The summed E-state index contributed by atoms with van der Waals surface area (Å²) in [6.07, 6.45) is 4.42. The molecule has 0 bridgehead atoms. The van der Waals surface area contributed by atoms with Gasteiger partial charge in [0.05, 0.1) is 16.8 Å². The van der Waals surface area contributed by atoms with Crippen LogP contribution in [0.4, 0.5) is 0 Å². The maximum Gasteiger partial charge on any atom is 0.305 e. The predicted molar refractivity (Wildman–Crippen MR) is 79.4 cm³/mol. The van der Waals surface area contributed by atoms with Crippen molar-refractivity contribution in [3.8, 4) is 0 Å². The van der Waals surface area contributed by atoms with E-state index in [1.54, 1.807) is 0 Å². The summed E-state index contributed by atoms with van der Waals surface area (Å²) in [6.45, 7) is 4.09. The van der Waals surface area contributed by atoms with Crippen LogP contribution >= 0.6 is 11.3 Å². The molecule has 0 spiro atoms. The van der Waals surface area contributed by atoms with Crippen LogP contribution in [0.15, 0.2) is 6.07 Å². The zero-order valence-electron chi connectivity index (χ0n) is 12.0. The van der Waals surface area contributed by atoms with Gasteiger partial charge in [0.1, 0.15) is 0 Å². The van der Waals surface area contributed by atoms with Gasteiger partial charge in [0.25, 0.3) is 5.91 Å². The van der Waals surface area contributed by atoms with E-state index in [1.807, 2.05) is 13.0 Å². The number of carboxylic acid groups (broad SMARTS) is 1. The third kappa shape index (κ3) is 3.20. The standard InChI is InChI=1S/C15H21NO3S/c1-3-11-8-12(20-10(11)2)14(19)16-15(9-13(17)18)6-4-5-7-15/h8H,3-7,9H2,1-2H3,(H,16,19)(H,17,18). The molecule has 1 fully saturated rings. The lowest BCUT2D eigenvalue weighted by atomic mass is 9.93. The molecular formula is C15H21NO3S. The molecule has 1 heterocycles. The molecule has 0 radical (unpaired) electrons. The Hall–Kier alpha value is -1.36. The highest BCUT2D eigenvalue weighted by Crippen LogP contribution is 2.33. The fourth-order valence-corrected chi connectivity index (χ4v) is 3.98. The second kappa shape index (κ2) is 5.95. The summed E-state index contributed by atoms with van der Waals surface area (Å²) in [6, 6.07) is 1.93. The predicted octanol–water partition coefficient (Wildman–Crippen LogP) is 3.14. The number of aliphatic carboxylic acids is 1. The van der Waals surface area contributed by atoms with Gasteiger partial charge in [-0.25, -0.2) is 0 Å². The summed E-state index contributed by atoms with van der Waals surface area (Å²) in [5, 5.41) is 12.1. The van der Waals surface area contributed by atoms with Crippen LogP contribution in [0.5, 0.6) is 0 Å². The van der Waals surface area contributed by atoms with Crippen molar-refractivity contribution in [2.45, 2.75) is 57.9 Å². The van der Waals surface area contributed by atoms with Crippen LogP contribution in [0.2, 0.25) is 0 Å². The fourth-order valence-electron chi connectivity index (χ4n) is 2.97. The molecule has 1 amide bonds. The van der Waals surface area contributed by atoms with Crippen molar-refractivity contribution in [1.82, 2.24) is 5.32 Å². The fraction of sp³-hybridized carbons (Fsp3) is 0.600. The maximum atomic E-state index is 12.4. The molecule has 5 heteroatoms. The second-order valence-corrected chi connectivity index (χ2v) is 6.81. The zero-order valence-corrected chi connectivity index (χ0v) is 12.8. The smallest absolute Gasteiger partial charge is 0.305 e. The summed E-state index contributed by atoms with van der Waals surface area (Å²) in [5.41, 5.74) is 0.645. The number of nitrogens with one attached hydrogen (secondary N) is 1. The Kier molecular flexibility index (Phi) is 4.48. The molecule has 1 aromatic heterocycles. The molecule has 2 rings (SSSR count). The number of carboxylic acids is 1. The van der Waals surface area contributed by atoms with Gasteiger partial charge in [-0.15, -0.1) is 11.3 Å².